The molecule has 0 saturated heterocycles. The van der Waals surface area contributed by atoms with Gasteiger partial charge in [0.1, 0.15) is 0 Å². The van der Waals surface area contributed by atoms with Gasteiger partial charge in [-0.15, -0.1) is 11.8 Å². The minimum Gasteiger partial charge on any atom is -0.454 e. The van der Waals surface area contributed by atoms with Gasteiger partial charge in [-0.1, -0.05) is 65.7 Å². The van der Waals surface area contributed by atoms with E-state index in [1.54, 1.807) is 60.3 Å². The second-order valence-electron chi connectivity index (χ2n) is 5.93. The maximum absolute atomic E-state index is 12.1. The van der Waals surface area contributed by atoms with Crippen LogP contribution in [-0.2, 0) is 10.5 Å². The summed E-state index contributed by atoms with van der Waals surface area (Å²) in [7, 11) is 0. The molecule has 142 valence electrons. The summed E-state index contributed by atoms with van der Waals surface area (Å²) in [6.07, 6.45) is 0. The Labute approximate surface area is 177 Å². The minimum atomic E-state index is -0.527. The van der Waals surface area contributed by atoms with Gasteiger partial charge in [0, 0.05) is 21.2 Å². The summed E-state index contributed by atoms with van der Waals surface area (Å²) in [5.41, 5.74) is 1.94. The van der Waals surface area contributed by atoms with Crippen LogP contribution in [0.2, 0.25) is 10.0 Å². The zero-order valence-electron chi connectivity index (χ0n) is 14.7. The van der Waals surface area contributed by atoms with E-state index in [2.05, 4.69) is 0 Å². The van der Waals surface area contributed by atoms with Crippen molar-refractivity contribution >= 4 is 46.7 Å². The summed E-state index contributed by atoms with van der Waals surface area (Å²) in [4.78, 5) is 25.0. The van der Waals surface area contributed by atoms with Gasteiger partial charge in [0.15, 0.2) is 12.4 Å². The fraction of sp³-hybridized carbons (Fsp3) is 0.0909. The normalized spacial score (nSPS) is 10.5. The van der Waals surface area contributed by atoms with Crippen LogP contribution in [0.5, 0.6) is 0 Å². The maximum Gasteiger partial charge on any atom is 0.338 e. The zero-order chi connectivity index (χ0) is 19.9. The topological polar surface area (TPSA) is 43.4 Å². The van der Waals surface area contributed by atoms with E-state index in [1.807, 2.05) is 24.3 Å². The first-order valence-electron chi connectivity index (χ1n) is 8.45. The van der Waals surface area contributed by atoms with Crippen LogP contribution in [0.15, 0.2) is 77.7 Å². The number of halogens is 2. The van der Waals surface area contributed by atoms with Gasteiger partial charge < -0.3 is 4.74 Å². The molecule has 0 radical (unpaired) electrons. The Balaban J connectivity index is 1.54. The van der Waals surface area contributed by atoms with E-state index in [-0.39, 0.29) is 12.4 Å². The third-order valence-corrected chi connectivity index (χ3v) is 5.71. The molecule has 0 N–H and O–H groups in total. The summed E-state index contributed by atoms with van der Waals surface area (Å²) < 4.78 is 5.12. The van der Waals surface area contributed by atoms with Crippen molar-refractivity contribution in [2.24, 2.45) is 0 Å². The van der Waals surface area contributed by atoms with Crippen molar-refractivity contribution in [1.29, 1.82) is 0 Å². The molecule has 3 rings (SSSR count). The van der Waals surface area contributed by atoms with Crippen molar-refractivity contribution < 1.29 is 14.3 Å². The maximum atomic E-state index is 12.1. The Bertz CT molecular complexity index is 973. The molecule has 0 atom stereocenters. The summed E-state index contributed by atoms with van der Waals surface area (Å²) in [5, 5.41) is 1.28. The van der Waals surface area contributed by atoms with Gasteiger partial charge in [0.25, 0.3) is 0 Å². The molecule has 0 amide bonds. The number of carbonyl (C=O) groups excluding carboxylic acids is 2. The molecule has 0 saturated carbocycles. The van der Waals surface area contributed by atoms with Gasteiger partial charge in [-0.3, -0.25) is 4.79 Å². The number of benzene rings is 3. The van der Waals surface area contributed by atoms with Gasteiger partial charge >= 0.3 is 5.97 Å². The molecule has 0 aliphatic heterocycles. The van der Waals surface area contributed by atoms with E-state index in [9.17, 15) is 9.59 Å². The smallest absolute Gasteiger partial charge is 0.338 e. The molecule has 3 nitrogen and oxygen atoms in total. The fourth-order valence-corrected chi connectivity index (χ4v) is 3.86. The quantitative estimate of drug-likeness (QED) is 0.249. The van der Waals surface area contributed by atoms with Crippen LogP contribution in [-0.4, -0.2) is 18.4 Å². The Hall–Kier alpha value is -2.27. The number of Topliss-reactive ketones (excluding diaryl/α,β-unsaturated/α-hetero) is 1. The van der Waals surface area contributed by atoms with Gasteiger partial charge in [0.2, 0.25) is 0 Å². The van der Waals surface area contributed by atoms with E-state index in [4.69, 9.17) is 27.9 Å². The van der Waals surface area contributed by atoms with Crippen molar-refractivity contribution in [3.63, 3.8) is 0 Å². The van der Waals surface area contributed by atoms with Crippen LogP contribution < -0.4 is 0 Å². The Morgan fingerprint density at radius 2 is 1.57 bits per heavy atom. The molecule has 6 heteroatoms. The highest BCUT2D eigenvalue weighted by Gasteiger charge is 2.12. The number of hydrogen-bond donors (Lipinski definition) is 0. The Morgan fingerprint density at radius 3 is 2.29 bits per heavy atom. The number of ketones is 1. The first-order chi connectivity index (χ1) is 13.5. The molecular formula is C22H16Cl2O3S. The number of thioether (sulfide) groups is 1. The average molecular weight is 431 g/mol. The van der Waals surface area contributed by atoms with E-state index in [0.29, 0.717) is 26.9 Å². The molecule has 0 aliphatic rings. The van der Waals surface area contributed by atoms with Crippen molar-refractivity contribution in [2.45, 2.75) is 10.6 Å². The van der Waals surface area contributed by atoms with Crippen LogP contribution in [0.1, 0.15) is 26.3 Å². The van der Waals surface area contributed by atoms with Crippen LogP contribution in [0, 0.1) is 0 Å². The molecule has 0 unspecified atom stereocenters. The predicted molar refractivity (Wildman–Crippen MR) is 114 cm³/mol. The summed E-state index contributed by atoms with van der Waals surface area (Å²) >= 11 is 13.7. The third-order valence-electron chi connectivity index (χ3n) is 3.91. The molecule has 3 aromatic rings. The predicted octanol–water partition coefficient (Wildman–Crippen LogP) is 6.33. The highest BCUT2D eigenvalue weighted by molar-refractivity contribution is 7.98. The highest BCUT2D eigenvalue weighted by Crippen LogP contribution is 2.32. The van der Waals surface area contributed by atoms with Gasteiger partial charge in [-0.2, -0.15) is 0 Å². The highest BCUT2D eigenvalue weighted by atomic mass is 35.5. The Morgan fingerprint density at radius 1 is 0.857 bits per heavy atom. The number of ether oxygens (including phenoxy) is 1. The summed E-state index contributed by atoms with van der Waals surface area (Å²) in [6.45, 7) is -0.284. The first-order valence-corrected chi connectivity index (χ1v) is 10.2. The van der Waals surface area contributed by atoms with E-state index >= 15 is 0 Å². The van der Waals surface area contributed by atoms with E-state index in [0.717, 1.165) is 10.5 Å². The number of hydrogen-bond acceptors (Lipinski definition) is 4. The second kappa shape index (κ2) is 9.78. The standard InChI is InChI=1S/C22H16Cl2O3S/c23-18-10-11-19(24)21(12-18)28-14-15-6-8-17(9-7-15)22(26)27-13-20(25)16-4-2-1-3-5-16/h1-12H,13-14H2. The monoisotopic (exact) mass is 430 g/mol. The van der Waals surface area contributed by atoms with Crippen LogP contribution in [0.25, 0.3) is 0 Å². The lowest BCUT2D eigenvalue weighted by molar-refractivity contribution is 0.0475. The molecule has 0 aliphatic carbocycles. The third kappa shape index (κ3) is 5.61. The fourth-order valence-electron chi connectivity index (χ4n) is 2.41. The SMILES string of the molecule is O=C(COC(=O)c1ccc(CSc2cc(Cl)ccc2Cl)cc1)c1ccccc1. The number of esters is 1. The van der Waals surface area contributed by atoms with Crippen molar-refractivity contribution in [3.8, 4) is 0 Å². The lowest BCUT2D eigenvalue weighted by Crippen LogP contribution is -2.14. The van der Waals surface area contributed by atoms with E-state index < -0.39 is 5.97 Å². The molecule has 0 heterocycles. The van der Waals surface area contributed by atoms with Gasteiger partial charge in [0.05, 0.1) is 10.6 Å². The summed E-state index contributed by atoms with van der Waals surface area (Å²) in [5.74, 6) is -0.0799. The molecule has 0 spiro atoms. The van der Waals surface area contributed by atoms with Crippen LogP contribution in [0.4, 0.5) is 0 Å². The molecule has 0 fully saturated rings. The minimum absolute atomic E-state index is 0.236. The van der Waals surface area contributed by atoms with Crippen molar-refractivity contribution in [1.82, 2.24) is 0 Å². The lowest BCUT2D eigenvalue weighted by Gasteiger charge is -2.07. The zero-order valence-corrected chi connectivity index (χ0v) is 17.1. The second-order valence-corrected chi connectivity index (χ2v) is 7.79. The van der Waals surface area contributed by atoms with Gasteiger partial charge in [-0.05, 0) is 35.9 Å². The van der Waals surface area contributed by atoms with Crippen LogP contribution >= 0.6 is 35.0 Å². The molecule has 0 aromatic heterocycles. The molecule has 3 aromatic carbocycles. The average Bonchev–Trinajstić information content (AvgIpc) is 2.73. The number of rotatable bonds is 7. The van der Waals surface area contributed by atoms with Gasteiger partial charge in [-0.25, -0.2) is 4.79 Å². The molecule has 0 bridgehead atoms. The van der Waals surface area contributed by atoms with E-state index in [1.165, 1.54) is 0 Å². The molecular weight excluding hydrogens is 415 g/mol. The number of carbonyl (C=O) groups is 2. The van der Waals surface area contributed by atoms with Crippen molar-refractivity contribution in [3.05, 3.63) is 99.5 Å². The largest absolute Gasteiger partial charge is 0.454 e. The molecule has 28 heavy (non-hydrogen) atoms. The lowest BCUT2D eigenvalue weighted by atomic mass is 10.1. The first kappa shape index (κ1) is 20.5. The Kier molecular flexibility index (Phi) is 7.15. The van der Waals surface area contributed by atoms with Crippen molar-refractivity contribution in [2.75, 3.05) is 6.61 Å². The van der Waals surface area contributed by atoms with Crippen LogP contribution in [0.3, 0.4) is 0 Å². The summed E-state index contributed by atoms with van der Waals surface area (Å²) in [6, 6.07) is 21.1.